The van der Waals surface area contributed by atoms with E-state index in [0.717, 1.165) is 12.8 Å². The van der Waals surface area contributed by atoms with Crippen molar-refractivity contribution in [1.29, 1.82) is 0 Å². The van der Waals surface area contributed by atoms with Gasteiger partial charge in [-0.25, -0.2) is 0 Å². The third-order valence-electron chi connectivity index (χ3n) is 2.86. The molecule has 0 bridgehead atoms. The van der Waals surface area contributed by atoms with E-state index in [2.05, 4.69) is 10.1 Å². The Labute approximate surface area is 91.4 Å². The molecule has 0 radical (unpaired) electrons. The summed E-state index contributed by atoms with van der Waals surface area (Å²) in [6, 6.07) is 6.27. The molecule has 0 unspecified atom stereocenters. The van der Waals surface area contributed by atoms with Crippen LogP contribution in [0.3, 0.4) is 0 Å². The van der Waals surface area contributed by atoms with Crippen molar-refractivity contribution in [2.45, 2.75) is 24.7 Å². The van der Waals surface area contributed by atoms with E-state index in [1.165, 1.54) is 12.1 Å². The summed E-state index contributed by atoms with van der Waals surface area (Å²) >= 11 is 0. The van der Waals surface area contributed by atoms with Crippen molar-refractivity contribution < 1.29 is 17.9 Å². The molecule has 16 heavy (non-hydrogen) atoms. The van der Waals surface area contributed by atoms with E-state index in [1.807, 2.05) is 0 Å². The topological polar surface area (TPSA) is 21.3 Å². The molecule has 1 aromatic carbocycles. The van der Waals surface area contributed by atoms with E-state index >= 15 is 0 Å². The third kappa shape index (κ3) is 2.14. The first-order chi connectivity index (χ1) is 7.47. The molecule has 0 aliphatic heterocycles. The lowest BCUT2D eigenvalue weighted by Crippen LogP contribution is -2.27. The van der Waals surface area contributed by atoms with E-state index < -0.39 is 6.36 Å². The summed E-state index contributed by atoms with van der Waals surface area (Å²) in [5, 5.41) is 3.05. The van der Waals surface area contributed by atoms with Gasteiger partial charge in [0.2, 0.25) is 0 Å². The molecule has 1 fully saturated rings. The normalized spacial score (nSPS) is 18.2. The second kappa shape index (κ2) is 3.66. The lowest BCUT2D eigenvalue weighted by molar-refractivity contribution is -0.275. The van der Waals surface area contributed by atoms with Gasteiger partial charge in [-0.15, -0.1) is 13.2 Å². The maximum Gasteiger partial charge on any atom is 0.573 e. The fourth-order valence-electron chi connectivity index (χ4n) is 1.85. The summed E-state index contributed by atoms with van der Waals surface area (Å²) < 4.78 is 40.6. The van der Waals surface area contributed by atoms with E-state index in [4.69, 9.17) is 0 Å². The molecule has 0 saturated heterocycles. The van der Waals surface area contributed by atoms with Crippen molar-refractivity contribution in [2.24, 2.45) is 0 Å². The van der Waals surface area contributed by atoms with E-state index in [1.54, 1.807) is 19.2 Å². The van der Waals surface area contributed by atoms with Crippen molar-refractivity contribution in [3.05, 3.63) is 29.8 Å². The average Bonchev–Trinajstić information content (AvgIpc) is 2.97. The smallest absolute Gasteiger partial charge is 0.405 e. The minimum atomic E-state index is -4.64. The SMILES string of the molecule is CNC1(c2ccccc2OC(F)(F)F)CC1. The highest BCUT2D eigenvalue weighted by atomic mass is 19.4. The summed E-state index contributed by atoms with van der Waals surface area (Å²) in [6.07, 6.45) is -2.97. The van der Waals surface area contributed by atoms with E-state index in [0.29, 0.717) is 5.56 Å². The van der Waals surface area contributed by atoms with Gasteiger partial charge in [-0.3, -0.25) is 0 Å². The number of para-hydroxylation sites is 1. The minimum Gasteiger partial charge on any atom is -0.405 e. The molecular weight excluding hydrogens is 219 g/mol. The molecule has 1 aliphatic carbocycles. The molecule has 2 rings (SSSR count). The van der Waals surface area contributed by atoms with Gasteiger partial charge in [0.25, 0.3) is 0 Å². The number of halogens is 3. The van der Waals surface area contributed by atoms with Crippen molar-refractivity contribution in [1.82, 2.24) is 5.32 Å². The van der Waals surface area contributed by atoms with E-state index in [9.17, 15) is 13.2 Å². The van der Waals surface area contributed by atoms with Crippen LogP contribution in [0.4, 0.5) is 13.2 Å². The van der Waals surface area contributed by atoms with Crippen molar-refractivity contribution in [2.75, 3.05) is 7.05 Å². The first-order valence-electron chi connectivity index (χ1n) is 5.01. The summed E-state index contributed by atoms with van der Waals surface area (Å²) in [6.45, 7) is 0. The molecule has 1 N–H and O–H groups in total. The van der Waals surface area contributed by atoms with Gasteiger partial charge in [-0.2, -0.15) is 0 Å². The summed E-state index contributed by atoms with van der Waals surface area (Å²) in [7, 11) is 1.75. The van der Waals surface area contributed by atoms with Crippen LogP contribution in [0.1, 0.15) is 18.4 Å². The van der Waals surface area contributed by atoms with Gasteiger partial charge >= 0.3 is 6.36 Å². The average molecular weight is 231 g/mol. The molecule has 0 atom stereocenters. The fourth-order valence-corrected chi connectivity index (χ4v) is 1.85. The van der Waals surface area contributed by atoms with Crippen LogP contribution >= 0.6 is 0 Å². The molecule has 0 heterocycles. The molecule has 0 spiro atoms. The third-order valence-corrected chi connectivity index (χ3v) is 2.86. The number of hydrogen-bond donors (Lipinski definition) is 1. The first-order valence-corrected chi connectivity index (χ1v) is 5.01. The van der Waals surface area contributed by atoms with E-state index in [-0.39, 0.29) is 11.3 Å². The monoisotopic (exact) mass is 231 g/mol. The molecule has 1 aromatic rings. The highest BCUT2D eigenvalue weighted by Crippen LogP contribution is 2.49. The molecule has 0 aromatic heterocycles. The predicted molar refractivity (Wildman–Crippen MR) is 53.1 cm³/mol. The zero-order valence-corrected chi connectivity index (χ0v) is 8.77. The molecule has 1 aliphatic rings. The Morgan fingerprint density at radius 2 is 1.88 bits per heavy atom. The largest absolute Gasteiger partial charge is 0.573 e. The lowest BCUT2D eigenvalue weighted by Gasteiger charge is -2.19. The lowest BCUT2D eigenvalue weighted by atomic mass is 10.0. The van der Waals surface area contributed by atoms with Crippen LogP contribution in [0.25, 0.3) is 0 Å². The molecule has 2 nitrogen and oxygen atoms in total. The summed E-state index contributed by atoms with van der Waals surface area (Å²) in [5.74, 6) is -0.109. The Morgan fingerprint density at radius 1 is 1.25 bits per heavy atom. The fraction of sp³-hybridized carbons (Fsp3) is 0.455. The Morgan fingerprint density at radius 3 is 2.38 bits per heavy atom. The highest BCUT2D eigenvalue weighted by Gasteiger charge is 2.46. The van der Waals surface area contributed by atoms with Gasteiger partial charge in [0.1, 0.15) is 5.75 Å². The molecular formula is C11H12F3NO. The molecule has 1 saturated carbocycles. The van der Waals surface area contributed by atoms with Gasteiger partial charge in [0, 0.05) is 11.1 Å². The highest BCUT2D eigenvalue weighted by molar-refractivity contribution is 5.42. The van der Waals surface area contributed by atoms with Crippen LogP contribution in [0, 0.1) is 0 Å². The zero-order chi connectivity index (χ0) is 11.8. The number of ether oxygens (including phenoxy) is 1. The molecule has 88 valence electrons. The quantitative estimate of drug-likeness (QED) is 0.863. The van der Waals surface area contributed by atoms with Gasteiger partial charge in [0.15, 0.2) is 0 Å². The van der Waals surface area contributed by atoms with Crippen LogP contribution < -0.4 is 10.1 Å². The number of rotatable bonds is 3. The Kier molecular flexibility index (Phi) is 2.58. The number of alkyl halides is 3. The van der Waals surface area contributed by atoms with Crippen LogP contribution in [-0.4, -0.2) is 13.4 Å². The second-order valence-electron chi connectivity index (χ2n) is 3.88. The number of benzene rings is 1. The van der Waals surface area contributed by atoms with Crippen LogP contribution in [0.5, 0.6) is 5.75 Å². The van der Waals surface area contributed by atoms with Crippen molar-refractivity contribution in [3.63, 3.8) is 0 Å². The van der Waals surface area contributed by atoms with Crippen LogP contribution in [-0.2, 0) is 5.54 Å². The second-order valence-corrected chi connectivity index (χ2v) is 3.88. The minimum absolute atomic E-state index is 0.109. The summed E-state index contributed by atoms with van der Waals surface area (Å²) in [5.41, 5.74) is 0.247. The standard InChI is InChI=1S/C11H12F3NO/c1-15-10(6-7-10)8-4-2-3-5-9(8)16-11(12,13)14/h2-5,15H,6-7H2,1H3. The summed E-state index contributed by atoms with van der Waals surface area (Å²) in [4.78, 5) is 0. The van der Waals surface area contributed by atoms with Gasteiger partial charge in [-0.1, -0.05) is 18.2 Å². The Balaban J connectivity index is 2.32. The van der Waals surface area contributed by atoms with Crippen molar-refractivity contribution in [3.8, 4) is 5.75 Å². The van der Waals surface area contributed by atoms with Crippen LogP contribution in [0.2, 0.25) is 0 Å². The molecule has 5 heteroatoms. The Hall–Kier alpha value is -1.23. The van der Waals surface area contributed by atoms with Gasteiger partial charge in [0.05, 0.1) is 0 Å². The van der Waals surface area contributed by atoms with Crippen LogP contribution in [0.15, 0.2) is 24.3 Å². The number of hydrogen-bond acceptors (Lipinski definition) is 2. The predicted octanol–water partition coefficient (Wildman–Crippen LogP) is 2.79. The maximum atomic E-state index is 12.2. The Bertz CT molecular complexity index is 385. The first kappa shape index (κ1) is 11.3. The van der Waals surface area contributed by atoms with Gasteiger partial charge in [-0.05, 0) is 26.0 Å². The van der Waals surface area contributed by atoms with Crippen molar-refractivity contribution >= 4 is 0 Å². The zero-order valence-electron chi connectivity index (χ0n) is 8.77. The van der Waals surface area contributed by atoms with Gasteiger partial charge < -0.3 is 10.1 Å². The number of nitrogens with one attached hydrogen (secondary N) is 1. The molecule has 0 amide bonds. The maximum absolute atomic E-state index is 12.2.